The number of amides is 2. The van der Waals surface area contributed by atoms with Gasteiger partial charge in [0.2, 0.25) is 0 Å². The number of likely N-dealkylation sites (tertiary alicyclic amines) is 1. The van der Waals surface area contributed by atoms with E-state index in [-0.39, 0.29) is 12.5 Å². The number of rotatable bonds is 9. The molecule has 8 heteroatoms. The molecular weight excluding hydrogens is 492 g/mol. The van der Waals surface area contributed by atoms with Crippen LogP contribution in [0.4, 0.5) is 4.79 Å². The van der Waals surface area contributed by atoms with Crippen LogP contribution in [0.1, 0.15) is 24.0 Å². The number of alkyl carbamates (subject to hydrolysis) is 1. The summed E-state index contributed by atoms with van der Waals surface area (Å²) >= 11 is 5.90. The average Bonchev–Trinajstić information content (AvgIpc) is 2.94. The molecule has 0 atom stereocenters. The molecule has 1 N–H and O–H groups in total. The van der Waals surface area contributed by atoms with E-state index in [4.69, 9.17) is 25.8 Å². The van der Waals surface area contributed by atoms with Gasteiger partial charge in [-0.2, -0.15) is 0 Å². The first-order valence-corrected chi connectivity index (χ1v) is 12.7. The maximum absolute atomic E-state index is 12.8. The third kappa shape index (κ3) is 7.17. The monoisotopic (exact) mass is 522 g/mol. The first-order chi connectivity index (χ1) is 18.0. The van der Waals surface area contributed by atoms with Crippen molar-refractivity contribution in [2.24, 2.45) is 0 Å². The lowest BCUT2D eigenvalue weighted by molar-refractivity contribution is -0.138. The van der Waals surface area contributed by atoms with Gasteiger partial charge in [-0.25, -0.2) is 4.79 Å². The molecule has 0 radical (unpaired) electrons. The summed E-state index contributed by atoms with van der Waals surface area (Å²) in [5, 5.41) is 3.48. The van der Waals surface area contributed by atoms with Crippen LogP contribution >= 0.6 is 11.6 Å². The number of nitrogens with zero attached hydrogens (tertiary/aromatic N) is 1. The molecule has 1 aliphatic rings. The van der Waals surface area contributed by atoms with Gasteiger partial charge >= 0.3 is 6.09 Å². The Hall–Kier alpha value is -3.71. The summed E-state index contributed by atoms with van der Waals surface area (Å²) in [6.45, 7) is 1.29. The molecule has 2 amide bonds. The molecule has 4 rings (SSSR count). The number of piperidine rings is 1. The fourth-order valence-corrected chi connectivity index (χ4v) is 4.52. The van der Waals surface area contributed by atoms with E-state index in [1.54, 1.807) is 36.3 Å². The Morgan fingerprint density at radius 3 is 2.22 bits per heavy atom. The zero-order valence-corrected chi connectivity index (χ0v) is 21.6. The molecule has 1 heterocycles. The predicted molar refractivity (Wildman–Crippen MR) is 142 cm³/mol. The Morgan fingerprint density at radius 1 is 0.919 bits per heavy atom. The van der Waals surface area contributed by atoms with Gasteiger partial charge in [0.25, 0.3) is 5.91 Å². The summed E-state index contributed by atoms with van der Waals surface area (Å²) in [7, 11) is 1.63. The van der Waals surface area contributed by atoms with Crippen LogP contribution in [0.3, 0.4) is 0 Å². The molecule has 7 nitrogen and oxygen atoms in total. The molecule has 0 unspecified atom stereocenters. The highest BCUT2D eigenvalue weighted by molar-refractivity contribution is 6.30. The van der Waals surface area contributed by atoms with Gasteiger partial charge in [-0.1, -0.05) is 54.1 Å². The van der Waals surface area contributed by atoms with Crippen LogP contribution < -0.4 is 14.8 Å². The highest BCUT2D eigenvalue weighted by Gasteiger charge is 2.41. The number of benzene rings is 3. The standard InChI is InChI=1S/C29H31ClN2O5/c1-35-25-11-7-22(8-12-25)15-18-31-28(34)37-29(23-5-3-2-4-6-23)16-19-32(20-17-29)27(33)21-36-26-13-9-24(30)10-14-26/h2-14H,15-21H2,1H3,(H,31,34). The molecule has 0 spiro atoms. The predicted octanol–water partition coefficient (Wildman–Crippen LogP) is 5.21. The van der Waals surface area contributed by atoms with Gasteiger partial charge in [0.15, 0.2) is 6.61 Å². The van der Waals surface area contributed by atoms with Gasteiger partial charge < -0.3 is 24.4 Å². The van der Waals surface area contributed by atoms with Crippen molar-refractivity contribution in [2.75, 3.05) is 33.4 Å². The van der Waals surface area contributed by atoms with Crippen molar-refractivity contribution < 1.29 is 23.8 Å². The summed E-state index contributed by atoms with van der Waals surface area (Å²) in [5.74, 6) is 1.27. The number of hydrogen-bond donors (Lipinski definition) is 1. The second kappa shape index (κ2) is 12.5. The zero-order valence-electron chi connectivity index (χ0n) is 20.8. The van der Waals surface area contributed by atoms with Crippen LogP contribution in [0, 0.1) is 0 Å². The van der Waals surface area contributed by atoms with Gasteiger partial charge in [0.05, 0.1) is 7.11 Å². The van der Waals surface area contributed by atoms with E-state index in [9.17, 15) is 9.59 Å². The van der Waals surface area contributed by atoms with Crippen molar-refractivity contribution in [3.05, 3.63) is 95.0 Å². The molecule has 0 bridgehead atoms. The smallest absolute Gasteiger partial charge is 0.408 e. The van der Waals surface area contributed by atoms with E-state index in [1.807, 2.05) is 54.6 Å². The minimum absolute atomic E-state index is 0.0628. The third-order valence-corrected chi connectivity index (χ3v) is 6.78. The SMILES string of the molecule is COc1ccc(CCNC(=O)OC2(c3ccccc3)CCN(C(=O)COc3ccc(Cl)cc3)CC2)cc1. The first kappa shape index (κ1) is 26.4. The number of hydrogen-bond acceptors (Lipinski definition) is 5. The highest BCUT2D eigenvalue weighted by atomic mass is 35.5. The van der Waals surface area contributed by atoms with E-state index >= 15 is 0 Å². The number of carbonyl (C=O) groups excluding carboxylic acids is 2. The molecule has 37 heavy (non-hydrogen) atoms. The molecular formula is C29H31ClN2O5. The zero-order chi connectivity index (χ0) is 26.1. The third-order valence-electron chi connectivity index (χ3n) is 6.53. The Labute approximate surface area is 222 Å². The van der Waals surface area contributed by atoms with Crippen LogP contribution in [-0.2, 0) is 21.6 Å². The van der Waals surface area contributed by atoms with Crippen molar-refractivity contribution in [3.8, 4) is 11.5 Å². The van der Waals surface area contributed by atoms with Gasteiger partial charge in [-0.3, -0.25) is 4.79 Å². The van der Waals surface area contributed by atoms with Crippen molar-refractivity contribution in [1.82, 2.24) is 10.2 Å². The molecule has 0 saturated carbocycles. The largest absolute Gasteiger partial charge is 0.497 e. The van der Waals surface area contributed by atoms with Gasteiger partial charge in [0.1, 0.15) is 17.1 Å². The quantitative estimate of drug-likeness (QED) is 0.417. The van der Waals surface area contributed by atoms with Crippen molar-refractivity contribution in [3.63, 3.8) is 0 Å². The average molecular weight is 523 g/mol. The van der Waals surface area contributed by atoms with Crippen LogP contribution in [0.5, 0.6) is 11.5 Å². The lowest BCUT2D eigenvalue weighted by atomic mass is 9.84. The second-order valence-electron chi connectivity index (χ2n) is 8.90. The Morgan fingerprint density at radius 2 is 1.57 bits per heavy atom. The van der Waals surface area contributed by atoms with Gasteiger partial charge in [0, 0.05) is 37.5 Å². The normalized spacial score (nSPS) is 14.5. The van der Waals surface area contributed by atoms with Crippen LogP contribution in [-0.4, -0.2) is 50.3 Å². The summed E-state index contributed by atoms with van der Waals surface area (Å²) in [5.41, 5.74) is 1.20. The molecule has 0 aliphatic carbocycles. The number of nitrogens with one attached hydrogen (secondary N) is 1. The summed E-state index contributed by atoms with van der Waals surface area (Å²) in [6, 6.07) is 24.4. The topological polar surface area (TPSA) is 77.1 Å². The van der Waals surface area contributed by atoms with Crippen LogP contribution in [0.2, 0.25) is 5.02 Å². The fraction of sp³-hybridized carbons (Fsp3) is 0.310. The molecule has 3 aromatic rings. The Balaban J connectivity index is 1.32. The van der Waals surface area contributed by atoms with Crippen LogP contribution in [0.25, 0.3) is 0 Å². The summed E-state index contributed by atoms with van der Waals surface area (Å²) < 4.78 is 16.9. The van der Waals surface area contributed by atoms with Crippen molar-refractivity contribution in [2.45, 2.75) is 24.9 Å². The summed E-state index contributed by atoms with van der Waals surface area (Å²) in [6.07, 6.45) is 1.20. The van der Waals surface area contributed by atoms with Gasteiger partial charge in [-0.05, 0) is 53.9 Å². The maximum Gasteiger partial charge on any atom is 0.408 e. The lowest BCUT2D eigenvalue weighted by Crippen LogP contribution is -2.49. The van der Waals surface area contributed by atoms with E-state index in [1.165, 1.54) is 0 Å². The lowest BCUT2D eigenvalue weighted by Gasteiger charge is -2.41. The van der Waals surface area contributed by atoms with E-state index in [0.29, 0.717) is 49.7 Å². The van der Waals surface area contributed by atoms with E-state index in [2.05, 4.69) is 5.32 Å². The van der Waals surface area contributed by atoms with E-state index in [0.717, 1.165) is 16.9 Å². The molecule has 3 aromatic carbocycles. The molecule has 1 aliphatic heterocycles. The number of carbonyl (C=O) groups is 2. The molecule has 1 fully saturated rings. The maximum atomic E-state index is 12.8. The summed E-state index contributed by atoms with van der Waals surface area (Å²) in [4.78, 5) is 27.3. The number of ether oxygens (including phenoxy) is 3. The first-order valence-electron chi connectivity index (χ1n) is 12.3. The second-order valence-corrected chi connectivity index (χ2v) is 9.33. The minimum atomic E-state index is -0.806. The van der Waals surface area contributed by atoms with E-state index < -0.39 is 11.7 Å². The molecule has 0 aromatic heterocycles. The van der Waals surface area contributed by atoms with Crippen molar-refractivity contribution >= 4 is 23.6 Å². The Bertz CT molecular complexity index is 1160. The van der Waals surface area contributed by atoms with Crippen molar-refractivity contribution in [1.29, 1.82) is 0 Å². The van der Waals surface area contributed by atoms with Gasteiger partial charge in [-0.15, -0.1) is 0 Å². The highest BCUT2D eigenvalue weighted by Crippen LogP contribution is 2.37. The van der Waals surface area contributed by atoms with Crippen LogP contribution in [0.15, 0.2) is 78.9 Å². The number of halogens is 1. The molecule has 194 valence electrons. The molecule has 1 saturated heterocycles. The Kier molecular flexibility index (Phi) is 8.90. The minimum Gasteiger partial charge on any atom is -0.497 e. The number of methoxy groups -OCH3 is 1. The fourth-order valence-electron chi connectivity index (χ4n) is 4.39.